The van der Waals surface area contributed by atoms with Crippen LogP contribution in [0.5, 0.6) is 0 Å². The van der Waals surface area contributed by atoms with Gasteiger partial charge in [0, 0.05) is 12.1 Å². The van der Waals surface area contributed by atoms with Gasteiger partial charge in [0.2, 0.25) is 0 Å². The summed E-state index contributed by atoms with van der Waals surface area (Å²) in [6.07, 6.45) is 3.44. The van der Waals surface area contributed by atoms with E-state index < -0.39 is 0 Å². The highest BCUT2D eigenvalue weighted by molar-refractivity contribution is 5.66. The van der Waals surface area contributed by atoms with Crippen LogP contribution in [0.3, 0.4) is 0 Å². The minimum atomic E-state index is 0.590. The van der Waals surface area contributed by atoms with Crippen LogP contribution < -0.4 is 5.73 Å². The van der Waals surface area contributed by atoms with Gasteiger partial charge in [-0.05, 0) is 29.7 Å². The zero-order chi connectivity index (χ0) is 9.97. The van der Waals surface area contributed by atoms with Gasteiger partial charge in [-0.25, -0.2) is 0 Å². The predicted octanol–water partition coefficient (Wildman–Crippen LogP) is 2.71. The monoisotopic (exact) mass is 187 g/mol. The van der Waals surface area contributed by atoms with Crippen molar-refractivity contribution in [3.63, 3.8) is 0 Å². The highest BCUT2D eigenvalue weighted by Gasteiger charge is 2.03. The summed E-state index contributed by atoms with van der Waals surface area (Å²) in [5.74, 6) is 0. The molecule has 1 heterocycles. The molecule has 0 radical (unpaired) electrons. The second-order valence-corrected chi connectivity index (χ2v) is 3.37. The number of aryl methyl sites for hydroxylation is 1. The normalized spacial score (nSPS) is 10.4. The number of rotatable bonds is 2. The van der Waals surface area contributed by atoms with Crippen LogP contribution in [0.15, 0.2) is 41.2 Å². The predicted molar refractivity (Wildman–Crippen MR) is 56.8 cm³/mol. The van der Waals surface area contributed by atoms with Crippen molar-refractivity contribution < 1.29 is 4.42 Å². The molecule has 1 aromatic heterocycles. The van der Waals surface area contributed by atoms with E-state index >= 15 is 0 Å². The van der Waals surface area contributed by atoms with Gasteiger partial charge in [-0.15, -0.1) is 0 Å². The summed E-state index contributed by atoms with van der Waals surface area (Å²) >= 11 is 0. The third-order valence-corrected chi connectivity index (χ3v) is 2.36. The minimum absolute atomic E-state index is 0.590. The van der Waals surface area contributed by atoms with E-state index in [9.17, 15) is 0 Å². The van der Waals surface area contributed by atoms with Gasteiger partial charge in [0.1, 0.15) is 0 Å². The average molecular weight is 187 g/mol. The summed E-state index contributed by atoms with van der Waals surface area (Å²) < 4.78 is 5.06. The molecular weight excluding hydrogens is 174 g/mol. The molecule has 2 nitrogen and oxygen atoms in total. The summed E-state index contributed by atoms with van der Waals surface area (Å²) in [5.41, 5.74) is 10.3. The van der Waals surface area contributed by atoms with Crippen molar-refractivity contribution in [2.75, 3.05) is 0 Å². The van der Waals surface area contributed by atoms with E-state index in [1.54, 1.807) is 12.5 Å². The van der Waals surface area contributed by atoms with E-state index in [0.29, 0.717) is 6.54 Å². The first-order valence-corrected chi connectivity index (χ1v) is 4.63. The molecule has 0 spiro atoms. The quantitative estimate of drug-likeness (QED) is 0.785. The lowest BCUT2D eigenvalue weighted by Crippen LogP contribution is -1.96. The molecule has 0 aliphatic rings. The van der Waals surface area contributed by atoms with Crippen molar-refractivity contribution in [2.45, 2.75) is 13.5 Å². The van der Waals surface area contributed by atoms with Crippen molar-refractivity contribution in [2.24, 2.45) is 5.73 Å². The lowest BCUT2D eigenvalue weighted by Gasteiger charge is -2.04. The Labute approximate surface area is 83.4 Å². The summed E-state index contributed by atoms with van der Waals surface area (Å²) in [6, 6.07) is 8.21. The fourth-order valence-corrected chi connectivity index (χ4v) is 1.59. The fourth-order valence-electron chi connectivity index (χ4n) is 1.59. The van der Waals surface area contributed by atoms with Gasteiger partial charge in [0.05, 0.1) is 12.5 Å². The minimum Gasteiger partial charge on any atom is -0.472 e. The van der Waals surface area contributed by atoms with Gasteiger partial charge >= 0.3 is 0 Å². The Morgan fingerprint density at radius 2 is 2.14 bits per heavy atom. The van der Waals surface area contributed by atoms with Crippen LogP contribution in [0.2, 0.25) is 0 Å². The highest BCUT2D eigenvalue weighted by Crippen LogP contribution is 2.24. The van der Waals surface area contributed by atoms with E-state index in [2.05, 4.69) is 25.1 Å². The van der Waals surface area contributed by atoms with Gasteiger partial charge in [0.25, 0.3) is 0 Å². The molecule has 0 aliphatic heterocycles. The van der Waals surface area contributed by atoms with Crippen molar-refractivity contribution in [1.82, 2.24) is 0 Å². The number of nitrogens with two attached hydrogens (primary N) is 1. The Morgan fingerprint density at radius 1 is 1.29 bits per heavy atom. The number of hydrogen-bond donors (Lipinski definition) is 1. The molecule has 2 N–H and O–H groups in total. The number of furan rings is 1. The first kappa shape index (κ1) is 9.03. The van der Waals surface area contributed by atoms with Gasteiger partial charge in [-0.1, -0.05) is 18.2 Å². The molecule has 0 atom stereocenters. The van der Waals surface area contributed by atoms with Crippen LogP contribution in [0.4, 0.5) is 0 Å². The number of benzene rings is 1. The van der Waals surface area contributed by atoms with Crippen molar-refractivity contribution in [3.8, 4) is 11.1 Å². The molecule has 2 aromatic rings. The van der Waals surface area contributed by atoms with E-state index in [1.165, 1.54) is 11.1 Å². The van der Waals surface area contributed by atoms with E-state index in [0.717, 1.165) is 11.1 Å². The molecule has 0 fully saturated rings. The first-order chi connectivity index (χ1) is 6.81. The second-order valence-electron chi connectivity index (χ2n) is 3.37. The molecule has 1 aromatic carbocycles. The molecule has 0 aliphatic carbocycles. The topological polar surface area (TPSA) is 39.2 Å². The maximum Gasteiger partial charge on any atom is 0.0981 e. The molecule has 72 valence electrons. The zero-order valence-corrected chi connectivity index (χ0v) is 8.16. The van der Waals surface area contributed by atoms with Crippen molar-refractivity contribution in [3.05, 3.63) is 47.9 Å². The number of hydrogen-bond acceptors (Lipinski definition) is 2. The van der Waals surface area contributed by atoms with Crippen LogP contribution in [-0.4, -0.2) is 0 Å². The van der Waals surface area contributed by atoms with Gasteiger partial charge in [-0.3, -0.25) is 0 Å². The van der Waals surface area contributed by atoms with Crippen LogP contribution in [-0.2, 0) is 6.54 Å². The molecule has 0 saturated carbocycles. The van der Waals surface area contributed by atoms with Crippen LogP contribution >= 0.6 is 0 Å². The van der Waals surface area contributed by atoms with E-state index in [4.69, 9.17) is 10.2 Å². The Balaban J connectivity index is 2.46. The van der Waals surface area contributed by atoms with Gasteiger partial charge in [0.15, 0.2) is 0 Å². The van der Waals surface area contributed by atoms with E-state index in [-0.39, 0.29) is 0 Å². The molecule has 0 unspecified atom stereocenters. The molecule has 0 saturated heterocycles. The van der Waals surface area contributed by atoms with Crippen LogP contribution in [0.1, 0.15) is 11.1 Å². The molecule has 14 heavy (non-hydrogen) atoms. The molecule has 2 heteroatoms. The second kappa shape index (κ2) is 3.68. The molecule has 2 rings (SSSR count). The Hall–Kier alpha value is -1.54. The summed E-state index contributed by atoms with van der Waals surface area (Å²) in [6.45, 7) is 2.67. The summed E-state index contributed by atoms with van der Waals surface area (Å²) in [7, 11) is 0. The SMILES string of the molecule is Cc1cc(CN)ccc1-c1ccoc1. The highest BCUT2D eigenvalue weighted by atomic mass is 16.3. The standard InChI is InChI=1S/C12H13NO/c1-9-6-10(7-13)2-3-12(9)11-4-5-14-8-11/h2-6,8H,7,13H2,1H3. The van der Waals surface area contributed by atoms with Crippen LogP contribution in [0.25, 0.3) is 11.1 Å². The lowest BCUT2D eigenvalue weighted by molar-refractivity contribution is 0.568. The zero-order valence-electron chi connectivity index (χ0n) is 8.16. The smallest absolute Gasteiger partial charge is 0.0981 e. The Bertz CT molecular complexity index is 418. The molecule has 0 bridgehead atoms. The van der Waals surface area contributed by atoms with Crippen LogP contribution in [0, 0.1) is 6.92 Å². The molecular formula is C12H13NO. The van der Waals surface area contributed by atoms with Crippen molar-refractivity contribution >= 4 is 0 Å². The van der Waals surface area contributed by atoms with Gasteiger partial charge < -0.3 is 10.2 Å². The summed E-state index contributed by atoms with van der Waals surface area (Å²) in [4.78, 5) is 0. The molecule has 0 amide bonds. The first-order valence-electron chi connectivity index (χ1n) is 4.63. The maximum atomic E-state index is 5.57. The lowest BCUT2D eigenvalue weighted by atomic mass is 10.0. The third kappa shape index (κ3) is 1.56. The Morgan fingerprint density at radius 3 is 2.71 bits per heavy atom. The van der Waals surface area contributed by atoms with Crippen molar-refractivity contribution in [1.29, 1.82) is 0 Å². The summed E-state index contributed by atoms with van der Waals surface area (Å²) in [5, 5.41) is 0. The van der Waals surface area contributed by atoms with Gasteiger partial charge in [-0.2, -0.15) is 0 Å². The third-order valence-electron chi connectivity index (χ3n) is 2.36. The van der Waals surface area contributed by atoms with E-state index in [1.807, 2.05) is 6.07 Å². The largest absolute Gasteiger partial charge is 0.472 e. The Kier molecular flexibility index (Phi) is 2.37. The average Bonchev–Trinajstić information content (AvgIpc) is 2.70. The fraction of sp³-hybridized carbons (Fsp3) is 0.167. The maximum absolute atomic E-state index is 5.57.